The summed E-state index contributed by atoms with van der Waals surface area (Å²) in [7, 11) is 3.57. The van der Waals surface area contributed by atoms with E-state index in [2.05, 4.69) is 5.32 Å². The van der Waals surface area contributed by atoms with Crippen molar-refractivity contribution in [2.24, 2.45) is 0 Å². The Balaban J connectivity index is 0.00000289. The minimum atomic E-state index is 0. The summed E-state index contributed by atoms with van der Waals surface area (Å²) in [5.74, 6) is 0.0651. The predicted octanol–water partition coefficient (Wildman–Crippen LogP) is 2.98. The number of hydrogen-bond acceptors (Lipinski definition) is 2. The largest absolute Gasteiger partial charge is 0.341 e. The van der Waals surface area contributed by atoms with E-state index in [1.165, 1.54) is 0 Å². The lowest BCUT2D eigenvalue weighted by Crippen LogP contribution is -2.28. The molecule has 1 N–H and O–H groups in total. The smallest absolute Gasteiger partial charge is 0.223 e. The van der Waals surface area contributed by atoms with E-state index in [0.29, 0.717) is 29.6 Å². The number of amides is 1. The van der Waals surface area contributed by atoms with E-state index in [0.717, 1.165) is 5.56 Å². The molecule has 0 unspecified atom stereocenters. The zero-order chi connectivity index (χ0) is 12.8. The SMILES string of the molecule is CNCCC(=O)N(C)Cc1c(Cl)cccc1Cl.Cl. The van der Waals surface area contributed by atoms with Crippen LogP contribution >= 0.6 is 35.6 Å². The van der Waals surface area contributed by atoms with Gasteiger partial charge in [-0.3, -0.25) is 4.79 Å². The van der Waals surface area contributed by atoms with Crippen molar-refractivity contribution in [3.63, 3.8) is 0 Å². The molecule has 3 nitrogen and oxygen atoms in total. The molecule has 18 heavy (non-hydrogen) atoms. The Hall–Kier alpha value is -0.480. The third-order valence-electron chi connectivity index (χ3n) is 2.47. The quantitative estimate of drug-likeness (QED) is 0.906. The number of rotatable bonds is 5. The molecule has 0 aliphatic carbocycles. The van der Waals surface area contributed by atoms with Crippen LogP contribution in [0.15, 0.2) is 18.2 Å². The van der Waals surface area contributed by atoms with Crippen LogP contribution in [-0.2, 0) is 11.3 Å². The number of hydrogen-bond donors (Lipinski definition) is 1. The molecule has 0 atom stereocenters. The number of carbonyl (C=O) groups excluding carboxylic acids is 1. The fourth-order valence-corrected chi connectivity index (χ4v) is 1.95. The Labute approximate surface area is 124 Å². The van der Waals surface area contributed by atoms with Gasteiger partial charge in [0.25, 0.3) is 0 Å². The van der Waals surface area contributed by atoms with Crippen molar-refractivity contribution in [2.75, 3.05) is 20.6 Å². The average molecular weight is 312 g/mol. The van der Waals surface area contributed by atoms with Gasteiger partial charge in [0.2, 0.25) is 5.91 Å². The Morgan fingerprint density at radius 1 is 1.33 bits per heavy atom. The highest BCUT2D eigenvalue weighted by molar-refractivity contribution is 6.36. The lowest BCUT2D eigenvalue weighted by atomic mass is 10.2. The van der Waals surface area contributed by atoms with Crippen molar-refractivity contribution < 1.29 is 4.79 Å². The summed E-state index contributed by atoms with van der Waals surface area (Å²) in [6.07, 6.45) is 0.467. The molecular formula is C12H17Cl3N2O. The first-order chi connectivity index (χ1) is 8.06. The molecule has 1 aromatic rings. The Morgan fingerprint density at radius 2 is 1.89 bits per heavy atom. The predicted molar refractivity (Wildman–Crippen MR) is 78.7 cm³/mol. The van der Waals surface area contributed by atoms with Gasteiger partial charge in [-0.2, -0.15) is 0 Å². The van der Waals surface area contributed by atoms with E-state index < -0.39 is 0 Å². The van der Waals surface area contributed by atoms with E-state index in [4.69, 9.17) is 23.2 Å². The first-order valence-corrected chi connectivity index (χ1v) is 6.13. The minimum Gasteiger partial charge on any atom is -0.341 e. The second-order valence-electron chi connectivity index (χ2n) is 3.80. The van der Waals surface area contributed by atoms with Gasteiger partial charge in [-0.25, -0.2) is 0 Å². The Morgan fingerprint density at radius 3 is 2.39 bits per heavy atom. The minimum absolute atomic E-state index is 0. The second kappa shape index (κ2) is 8.59. The zero-order valence-electron chi connectivity index (χ0n) is 10.4. The molecule has 0 heterocycles. The van der Waals surface area contributed by atoms with Gasteiger partial charge in [-0.05, 0) is 19.2 Å². The third-order valence-corrected chi connectivity index (χ3v) is 3.18. The van der Waals surface area contributed by atoms with E-state index in [1.807, 2.05) is 7.05 Å². The summed E-state index contributed by atoms with van der Waals surface area (Å²) in [5, 5.41) is 4.12. The monoisotopic (exact) mass is 310 g/mol. The molecule has 0 radical (unpaired) electrons. The first kappa shape index (κ1) is 17.5. The number of carbonyl (C=O) groups is 1. The normalized spacial score (nSPS) is 9.78. The van der Waals surface area contributed by atoms with Crippen molar-refractivity contribution in [3.05, 3.63) is 33.8 Å². The molecule has 0 fully saturated rings. The molecule has 102 valence electrons. The van der Waals surface area contributed by atoms with Gasteiger partial charge in [0.05, 0.1) is 0 Å². The van der Waals surface area contributed by atoms with Gasteiger partial charge >= 0.3 is 0 Å². The van der Waals surface area contributed by atoms with E-state index in [-0.39, 0.29) is 18.3 Å². The molecule has 0 aromatic heterocycles. The molecule has 0 saturated carbocycles. The first-order valence-electron chi connectivity index (χ1n) is 5.37. The summed E-state index contributed by atoms with van der Waals surface area (Å²) in [5.41, 5.74) is 0.788. The number of halogens is 3. The highest BCUT2D eigenvalue weighted by atomic mass is 35.5. The van der Waals surface area contributed by atoms with E-state index >= 15 is 0 Å². The van der Waals surface area contributed by atoms with Gasteiger partial charge in [-0.15, -0.1) is 12.4 Å². The van der Waals surface area contributed by atoms with E-state index in [1.54, 1.807) is 30.1 Å². The van der Waals surface area contributed by atoms with Crippen LogP contribution in [0.5, 0.6) is 0 Å². The van der Waals surface area contributed by atoms with Crippen molar-refractivity contribution in [2.45, 2.75) is 13.0 Å². The molecule has 0 aliphatic rings. The molecule has 0 bridgehead atoms. The highest BCUT2D eigenvalue weighted by Gasteiger charge is 2.12. The Bertz CT molecular complexity index is 379. The van der Waals surface area contributed by atoms with Gasteiger partial charge < -0.3 is 10.2 Å². The molecule has 0 saturated heterocycles. The molecule has 6 heteroatoms. The topological polar surface area (TPSA) is 32.3 Å². The second-order valence-corrected chi connectivity index (χ2v) is 4.62. The van der Waals surface area contributed by atoms with Crippen molar-refractivity contribution in [1.82, 2.24) is 10.2 Å². The maximum Gasteiger partial charge on any atom is 0.223 e. The molecule has 1 aromatic carbocycles. The lowest BCUT2D eigenvalue weighted by Gasteiger charge is -2.18. The average Bonchev–Trinajstić information content (AvgIpc) is 2.30. The van der Waals surface area contributed by atoms with Crippen molar-refractivity contribution >= 4 is 41.5 Å². The van der Waals surface area contributed by atoms with Crippen LogP contribution in [0, 0.1) is 0 Å². The lowest BCUT2D eigenvalue weighted by molar-refractivity contribution is -0.130. The molecular weight excluding hydrogens is 295 g/mol. The molecule has 0 aliphatic heterocycles. The molecule has 1 amide bonds. The molecule has 0 spiro atoms. The maximum absolute atomic E-state index is 11.7. The van der Waals surface area contributed by atoms with Crippen LogP contribution in [0.25, 0.3) is 0 Å². The standard InChI is InChI=1S/C12H16Cl2N2O.ClH/c1-15-7-6-12(17)16(2)8-9-10(13)4-3-5-11(9)14;/h3-5,15H,6-8H2,1-2H3;1H. The van der Waals surface area contributed by atoms with Gasteiger partial charge in [-0.1, -0.05) is 29.3 Å². The van der Waals surface area contributed by atoms with Gasteiger partial charge in [0.1, 0.15) is 0 Å². The number of benzene rings is 1. The Kier molecular flexibility index (Phi) is 8.36. The van der Waals surface area contributed by atoms with Crippen LogP contribution in [0.1, 0.15) is 12.0 Å². The van der Waals surface area contributed by atoms with E-state index in [9.17, 15) is 4.79 Å². The van der Waals surface area contributed by atoms with Crippen molar-refractivity contribution in [3.8, 4) is 0 Å². The molecule has 1 rings (SSSR count). The van der Waals surface area contributed by atoms with Gasteiger partial charge in [0.15, 0.2) is 0 Å². The summed E-state index contributed by atoms with van der Waals surface area (Å²) < 4.78 is 0. The number of nitrogens with one attached hydrogen (secondary N) is 1. The van der Waals surface area contributed by atoms with Crippen LogP contribution in [0.2, 0.25) is 10.0 Å². The number of nitrogens with zero attached hydrogens (tertiary/aromatic N) is 1. The fourth-order valence-electron chi connectivity index (χ4n) is 1.43. The highest BCUT2D eigenvalue weighted by Crippen LogP contribution is 2.25. The zero-order valence-corrected chi connectivity index (χ0v) is 12.7. The van der Waals surface area contributed by atoms with Crippen molar-refractivity contribution in [1.29, 1.82) is 0 Å². The third kappa shape index (κ3) is 5.02. The summed E-state index contributed by atoms with van der Waals surface area (Å²) in [4.78, 5) is 13.4. The van der Waals surface area contributed by atoms with Crippen LogP contribution in [0.4, 0.5) is 0 Å². The summed E-state index contributed by atoms with van der Waals surface area (Å²) in [6, 6.07) is 5.33. The maximum atomic E-state index is 11.7. The van der Waals surface area contributed by atoms with Gasteiger partial charge in [0, 0.05) is 42.2 Å². The fraction of sp³-hybridized carbons (Fsp3) is 0.417. The van der Waals surface area contributed by atoms with Crippen LogP contribution in [0.3, 0.4) is 0 Å². The summed E-state index contributed by atoms with van der Waals surface area (Å²) in [6.45, 7) is 1.10. The summed E-state index contributed by atoms with van der Waals surface area (Å²) >= 11 is 12.1. The van der Waals surface area contributed by atoms with Crippen LogP contribution in [-0.4, -0.2) is 31.4 Å². The van der Waals surface area contributed by atoms with Crippen LogP contribution < -0.4 is 5.32 Å².